The van der Waals surface area contributed by atoms with Gasteiger partial charge >= 0.3 is 0 Å². The van der Waals surface area contributed by atoms with Crippen molar-refractivity contribution in [3.05, 3.63) is 0 Å². The zero-order chi connectivity index (χ0) is 13.4. The Labute approximate surface area is 110 Å². The van der Waals surface area contributed by atoms with E-state index in [1.807, 2.05) is 0 Å². The molecule has 0 saturated heterocycles. The van der Waals surface area contributed by atoms with Crippen LogP contribution < -0.4 is 10.6 Å². The van der Waals surface area contributed by atoms with Crippen LogP contribution in [0.1, 0.15) is 52.4 Å². The maximum atomic E-state index is 8.63. The molecular weight excluding hydrogens is 224 g/mol. The second-order valence-corrected chi connectivity index (χ2v) is 5.41. The molecule has 0 spiro atoms. The van der Waals surface area contributed by atoms with E-state index in [9.17, 15) is 0 Å². The van der Waals surface area contributed by atoms with E-state index in [1.54, 1.807) is 0 Å². The quantitative estimate of drug-likeness (QED) is 0.755. The fourth-order valence-corrected chi connectivity index (χ4v) is 2.62. The Morgan fingerprint density at radius 1 is 0.889 bits per heavy atom. The highest BCUT2D eigenvalue weighted by Gasteiger charge is 2.22. The number of nitrogens with one attached hydrogen (secondary N) is 2. The first-order chi connectivity index (χ1) is 8.65. The molecule has 1 saturated carbocycles. The first-order valence-electron chi connectivity index (χ1n) is 6.91. The molecule has 1 aliphatic carbocycles. The highest BCUT2D eigenvalue weighted by Crippen LogP contribution is 2.20. The molecule has 4 heteroatoms. The molecule has 0 aromatic rings. The van der Waals surface area contributed by atoms with Crippen LogP contribution in [0.25, 0.3) is 0 Å². The van der Waals surface area contributed by atoms with Gasteiger partial charge in [0.05, 0.1) is 25.0 Å². The molecule has 100 valence electrons. The van der Waals surface area contributed by atoms with Crippen LogP contribution in [-0.4, -0.2) is 24.2 Å². The predicted octanol–water partition coefficient (Wildman–Crippen LogP) is 2.08. The van der Waals surface area contributed by atoms with Crippen molar-refractivity contribution in [2.75, 3.05) is 0 Å². The standard InChI is InChI=1S/C14H24N4/c1-11(7-9-15)17-13-3-5-14(6-4-13)18-12(2)8-10-16/h11-14,17-18H,3-8H2,1-2H3/t11-,12-,13?,14?/m0/s1. The Morgan fingerprint density at radius 3 is 1.50 bits per heavy atom. The van der Waals surface area contributed by atoms with Gasteiger partial charge in [0, 0.05) is 24.2 Å². The molecule has 1 fully saturated rings. The van der Waals surface area contributed by atoms with Gasteiger partial charge in [-0.15, -0.1) is 0 Å². The number of nitrogens with zero attached hydrogens (tertiary/aromatic N) is 2. The lowest BCUT2D eigenvalue weighted by molar-refractivity contribution is 0.280. The van der Waals surface area contributed by atoms with Gasteiger partial charge in [0.25, 0.3) is 0 Å². The van der Waals surface area contributed by atoms with Gasteiger partial charge in [-0.1, -0.05) is 0 Å². The zero-order valence-electron chi connectivity index (χ0n) is 11.4. The van der Waals surface area contributed by atoms with Crippen LogP contribution >= 0.6 is 0 Å². The van der Waals surface area contributed by atoms with E-state index in [1.165, 1.54) is 0 Å². The summed E-state index contributed by atoms with van der Waals surface area (Å²) in [5, 5.41) is 24.3. The summed E-state index contributed by atoms with van der Waals surface area (Å²) in [5.41, 5.74) is 0. The summed E-state index contributed by atoms with van der Waals surface area (Å²) in [7, 11) is 0. The second kappa shape index (κ2) is 8.08. The van der Waals surface area contributed by atoms with Crippen LogP contribution in [-0.2, 0) is 0 Å². The average molecular weight is 248 g/mol. The number of hydrogen-bond donors (Lipinski definition) is 2. The molecular formula is C14H24N4. The molecule has 1 aliphatic rings. The van der Waals surface area contributed by atoms with E-state index in [4.69, 9.17) is 10.5 Å². The molecule has 0 bridgehead atoms. The van der Waals surface area contributed by atoms with Gasteiger partial charge in [0.15, 0.2) is 0 Å². The molecule has 0 aromatic carbocycles. The monoisotopic (exact) mass is 248 g/mol. The Kier molecular flexibility index (Phi) is 6.72. The molecule has 18 heavy (non-hydrogen) atoms. The maximum absolute atomic E-state index is 8.63. The van der Waals surface area contributed by atoms with Crippen LogP contribution in [0.15, 0.2) is 0 Å². The normalized spacial score (nSPS) is 26.9. The van der Waals surface area contributed by atoms with Crippen molar-refractivity contribution in [3.8, 4) is 12.1 Å². The van der Waals surface area contributed by atoms with Gasteiger partial charge in [-0.3, -0.25) is 0 Å². The number of nitriles is 2. The molecule has 0 amide bonds. The van der Waals surface area contributed by atoms with Crippen molar-refractivity contribution < 1.29 is 0 Å². The predicted molar refractivity (Wildman–Crippen MR) is 71.7 cm³/mol. The SMILES string of the molecule is C[C@@H](CC#N)NC1CCC(N[C@@H](C)CC#N)CC1. The van der Waals surface area contributed by atoms with Gasteiger partial charge < -0.3 is 10.6 Å². The Balaban J connectivity index is 2.21. The first-order valence-corrected chi connectivity index (χ1v) is 6.91. The smallest absolute Gasteiger partial charge is 0.0638 e. The topological polar surface area (TPSA) is 71.6 Å². The van der Waals surface area contributed by atoms with Crippen molar-refractivity contribution in [3.63, 3.8) is 0 Å². The largest absolute Gasteiger partial charge is 0.310 e. The Bertz CT molecular complexity index is 275. The lowest BCUT2D eigenvalue weighted by Gasteiger charge is -2.32. The van der Waals surface area contributed by atoms with E-state index in [0.29, 0.717) is 37.0 Å². The van der Waals surface area contributed by atoms with Crippen LogP contribution in [0, 0.1) is 22.7 Å². The van der Waals surface area contributed by atoms with E-state index < -0.39 is 0 Å². The molecule has 0 aromatic heterocycles. The maximum Gasteiger partial charge on any atom is 0.0638 e. The van der Waals surface area contributed by atoms with Crippen LogP contribution in [0.4, 0.5) is 0 Å². The molecule has 0 heterocycles. The van der Waals surface area contributed by atoms with Crippen LogP contribution in [0.2, 0.25) is 0 Å². The van der Waals surface area contributed by atoms with Crippen molar-refractivity contribution >= 4 is 0 Å². The Morgan fingerprint density at radius 2 is 1.22 bits per heavy atom. The first kappa shape index (κ1) is 15.0. The third-order valence-corrected chi connectivity index (χ3v) is 3.56. The van der Waals surface area contributed by atoms with Crippen molar-refractivity contribution in [2.24, 2.45) is 0 Å². The summed E-state index contributed by atoms with van der Waals surface area (Å²) >= 11 is 0. The van der Waals surface area contributed by atoms with E-state index >= 15 is 0 Å². The minimum atomic E-state index is 0.294. The van der Waals surface area contributed by atoms with Crippen molar-refractivity contribution in [1.82, 2.24) is 10.6 Å². The van der Waals surface area contributed by atoms with Gasteiger partial charge in [-0.25, -0.2) is 0 Å². The highest BCUT2D eigenvalue weighted by atomic mass is 15.0. The molecule has 2 N–H and O–H groups in total. The molecule has 4 nitrogen and oxygen atoms in total. The summed E-state index contributed by atoms with van der Waals surface area (Å²) in [6, 6.07) is 6.09. The number of rotatable bonds is 6. The van der Waals surface area contributed by atoms with Crippen LogP contribution in [0.3, 0.4) is 0 Å². The lowest BCUT2D eigenvalue weighted by atomic mass is 9.90. The highest BCUT2D eigenvalue weighted by molar-refractivity contribution is 4.87. The van der Waals surface area contributed by atoms with Crippen LogP contribution in [0.5, 0.6) is 0 Å². The number of hydrogen-bond acceptors (Lipinski definition) is 4. The summed E-state index contributed by atoms with van der Waals surface area (Å²) in [4.78, 5) is 0. The molecule has 0 unspecified atom stereocenters. The van der Waals surface area contributed by atoms with Gasteiger partial charge in [-0.2, -0.15) is 10.5 Å². The second-order valence-electron chi connectivity index (χ2n) is 5.41. The third-order valence-electron chi connectivity index (χ3n) is 3.56. The van der Waals surface area contributed by atoms with E-state index in [2.05, 4.69) is 36.6 Å². The molecule has 0 radical (unpaired) electrons. The summed E-state index contributed by atoms with van der Waals surface area (Å²) < 4.78 is 0. The van der Waals surface area contributed by atoms with E-state index in [0.717, 1.165) is 25.7 Å². The third kappa shape index (κ3) is 5.49. The Hall–Kier alpha value is -1.10. The zero-order valence-corrected chi connectivity index (χ0v) is 11.4. The molecule has 1 rings (SSSR count). The summed E-state index contributed by atoms with van der Waals surface area (Å²) in [6.45, 7) is 4.14. The molecule has 0 aliphatic heterocycles. The van der Waals surface area contributed by atoms with Gasteiger partial charge in [0.2, 0.25) is 0 Å². The summed E-state index contributed by atoms with van der Waals surface area (Å²) in [6.07, 6.45) is 5.80. The van der Waals surface area contributed by atoms with Crippen molar-refractivity contribution in [1.29, 1.82) is 10.5 Å². The fourth-order valence-electron chi connectivity index (χ4n) is 2.62. The van der Waals surface area contributed by atoms with Gasteiger partial charge in [-0.05, 0) is 39.5 Å². The minimum Gasteiger partial charge on any atom is -0.310 e. The fraction of sp³-hybridized carbons (Fsp3) is 0.857. The van der Waals surface area contributed by atoms with E-state index in [-0.39, 0.29) is 0 Å². The average Bonchev–Trinajstić information content (AvgIpc) is 2.32. The summed E-state index contributed by atoms with van der Waals surface area (Å²) in [5.74, 6) is 0. The lowest BCUT2D eigenvalue weighted by Crippen LogP contribution is -2.44. The van der Waals surface area contributed by atoms with Crippen molar-refractivity contribution in [2.45, 2.75) is 76.5 Å². The molecule has 2 atom stereocenters. The minimum absolute atomic E-state index is 0.294. The van der Waals surface area contributed by atoms with Gasteiger partial charge in [0.1, 0.15) is 0 Å².